The number of benzene rings is 1. The second-order valence-corrected chi connectivity index (χ2v) is 5.58. The number of rotatable bonds is 2. The number of carbonyl (C=O) groups excluding carboxylic acids is 2. The Hall–Kier alpha value is -2.19. The van der Waals surface area contributed by atoms with Crippen LogP contribution in [0.3, 0.4) is 0 Å². The molecule has 3 rings (SSSR count). The quantitative estimate of drug-likeness (QED) is 0.798. The van der Waals surface area contributed by atoms with Gasteiger partial charge in [-0.05, 0) is 24.1 Å². The summed E-state index contributed by atoms with van der Waals surface area (Å²) in [6.45, 7) is 0.387. The first-order valence-corrected chi connectivity index (χ1v) is 7.33. The second kappa shape index (κ2) is 5.47. The van der Waals surface area contributed by atoms with Gasteiger partial charge in [-0.1, -0.05) is 0 Å². The molecule has 2 amide bonds. The predicted octanol–water partition coefficient (Wildman–Crippen LogP) is -0.0366. The fraction of sp³-hybridized carbons (Fsp3) is 0.467. The highest BCUT2D eigenvalue weighted by Crippen LogP contribution is 2.36. The normalized spacial score (nSPS) is 23.9. The fourth-order valence-corrected chi connectivity index (χ4v) is 3.06. The number of carbonyl (C=O) groups is 2. The fourth-order valence-electron chi connectivity index (χ4n) is 3.06. The number of hydrogen-bond acceptors (Lipinski definition) is 5. The van der Waals surface area contributed by atoms with Crippen LogP contribution >= 0.6 is 0 Å². The van der Waals surface area contributed by atoms with Gasteiger partial charge in [0.25, 0.3) is 0 Å². The Morgan fingerprint density at radius 2 is 2.17 bits per heavy atom. The number of aryl methyl sites for hydroxylation is 1. The molecule has 1 aromatic rings. The van der Waals surface area contributed by atoms with Gasteiger partial charge < -0.3 is 25.0 Å². The number of anilines is 2. The summed E-state index contributed by atoms with van der Waals surface area (Å²) in [5.41, 5.74) is 1.24. The standard InChI is InChI=1S/C15H18FN3O4/c1-17-14(21)15(22)19(5-6-23-15)10-7-9-3-4-12(20)18(2)13(9)11(16)8-10/h7-8,22H,3-6H2,1-2H3,(H,17,21)/t15-/m0/s1. The molecule has 1 fully saturated rings. The van der Waals surface area contributed by atoms with Crippen LogP contribution in [0.15, 0.2) is 12.1 Å². The van der Waals surface area contributed by atoms with E-state index in [0.717, 1.165) is 0 Å². The first kappa shape index (κ1) is 15.7. The number of amides is 2. The number of fused-ring (bicyclic) bond motifs is 1. The van der Waals surface area contributed by atoms with Gasteiger partial charge in [-0.25, -0.2) is 4.39 Å². The Balaban J connectivity index is 2.03. The molecule has 1 atom stereocenters. The number of nitrogens with one attached hydrogen (secondary N) is 1. The zero-order valence-electron chi connectivity index (χ0n) is 12.9. The minimum atomic E-state index is -2.16. The molecule has 2 aliphatic rings. The van der Waals surface area contributed by atoms with E-state index in [2.05, 4.69) is 5.32 Å². The van der Waals surface area contributed by atoms with Gasteiger partial charge in [0.2, 0.25) is 5.91 Å². The molecule has 1 aromatic carbocycles. The Bertz CT molecular complexity index is 681. The number of likely N-dealkylation sites (N-methyl/N-ethyl adjacent to an activating group) is 1. The summed E-state index contributed by atoms with van der Waals surface area (Å²) in [5.74, 6) is -3.60. The molecule has 1 saturated heterocycles. The van der Waals surface area contributed by atoms with Gasteiger partial charge in [-0.2, -0.15) is 0 Å². The molecule has 2 N–H and O–H groups in total. The zero-order valence-corrected chi connectivity index (χ0v) is 12.9. The van der Waals surface area contributed by atoms with Crippen molar-refractivity contribution in [2.75, 3.05) is 37.0 Å². The molecule has 2 aliphatic heterocycles. The van der Waals surface area contributed by atoms with E-state index >= 15 is 0 Å². The van der Waals surface area contributed by atoms with Crippen molar-refractivity contribution in [2.45, 2.75) is 18.8 Å². The molecule has 0 radical (unpaired) electrons. The molecule has 8 heteroatoms. The van der Waals surface area contributed by atoms with Crippen molar-refractivity contribution in [3.05, 3.63) is 23.5 Å². The molecule has 7 nitrogen and oxygen atoms in total. The lowest BCUT2D eigenvalue weighted by atomic mass is 10.00. The summed E-state index contributed by atoms with van der Waals surface area (Å²) in [6, 6.07) is 2.89. The van der Waals surface area contributed by atoms with Gasteiger partial charge in [0.15, 0.2) is 0 Å². The van der Waals surface area contributed by atoms with Crippen LogP contribution in [-0.4, -0.2) is 50.1 Å². The van der Waals surface area contributed by atoms with Gasteiger partial charge in [-0.15, -0.1) is 0 Å². The van der Waals surface area contributed by atoms with E-state index in [0.29, 0.717) is 24.1 Å². The van der Waals surface area contributed by atoms with Gasteiger partial charge in [0, 0.05) is 32.7 Å². The van der Waals surface area contributed by atoms with Crippen LogP contribution in [0.2, 0.25) is 0 Å². The summed E-state index contributed by atoms with van der Waals surface area (Å²) in [6.07, 6.45) is 0.707. The van der Waals surface area contributed by atoms with E-state index in [1.807, 2.05) is 0 Å². The Morgan fingerprint density at radius 3 is 2.87 bits per heavy atom. The van der Waals surface area contributed by atoms with E-state index in [-0.39, 0.29) is 24.7 Å². The van der Waals surface area contributed by atoms with E-state index in [1.165, 1.54) is 30.0 Å². The second-order valence-electron chi connectivity index (χ2n) is 5.58. The maximum Gasteiger partial charge on any atom is 0.333 e. The van der Waals surface area contributed by atoms with Crippen LogP contribution < -0.4 is 15.1 Å². The van der Waals surface area contributed by atoms with Gasteiger partial charge in [0.1, 0.15) is 5.82 Å². The molecule has 23 heavy (non-hydrogen) atoms. The van der Waals surface area contributed by atoms with Crippen LogP contribution in [0.25, 0.3) is 0 Å². The molecule has 0 unspecified atom stereocenters. The predicted molar refractivity (Wildman–Crippen MR) is 80.4 cm³/mol. The van der Waals surface area contributed by atoms with E-state index in [9.17, 15) is 19.1 Å². The van der Waals surface area contributed by atoms with Gasteiger partial charge >= 0.3 is 11.8 Å². The van der Waals surface area contributed by atoms with Crippen molar-refractivity contribution in [3.8, 4) is 0 Å². The third-order valence-corrected chi connectivity index (χ3v) is 4.26. The van der Waals surface area contributed by atoms with E-state index in [4.69, 9.17) is 4.74 Å². The van der Waals surface area contributed by atoms with Crippen molar-refractivity contribution < 1.29 is 23.8 Å². The van der Waals surface area contributed by atoms with Gasteiger partial charge in [0.05, 0.1) is 12.3 Å². The number of nitrogens with zero attached hydrogens (tertiary/aromatic N) is 2. The smallest absolute Gasteiger partial charge is 0.333 e. The highest BCUT2D eigenvalue weighted by atomic mass is 19.1. The maximum atomic E-state index is 14.5. The molecule has 124 valence electrons. The molecule has 0 spiro atoms. The van der Waals surface area contributed by atoms with Crippen LogP contribution in [0.5, 0.6) is 0 Å². The number of hydrogen-bond donors (Lipinski definition) is 2. The Morgan fingerprint density at radius 1 is 1.43 bits per heavy atom. The highest BCUT2D eigenvalue weighted by molar-refractivity contribution is 5.96. The van der Waals surface area contributed by atoms with E-state index < -0.39 is 17.6 Å². The lowest BCUT2D eigenvalue weighted by Gasteiger charge is -2.33. The Kier molecular flexibility index (Phi) is 3.73. The first-order chi connectivity index (χ1) is 10.9. The largest absolute Gasteiger partial charge is 0.353 e. The summed E-state index contributed by atoms with van der Waals surface area (Å²) < 4.78 is 19.7. The third-order valence-electron chi connectivity index (χ3n) is 4.26. The van der Waals surface area contributed by atoms with Crippen molar-refractivity contribution in [1.29, 1.82) is 0 Å². The molecular weight excluding hydrogens is 305 g/mol. The number of aliphatic hydroxyl groups is 1. The summed E-state index contributed by atoms with van der Waals surface area (Å²) in [4.78, 5) is 26.2. The van der Waals surface area contributed by atoms with Crippen molar-refractivity contribution in [3.63, 3.8) is 0 Å². The van der Waals surface area contributed by atoms with Crippen molar-refractivity contribution in [1.82, 2.24) is 5.32 Å². The third kappa shape index (κ3) is 2.34. The van der Waals surface area contributed by atoms with Crippen LogP contribution in [0.1, 0.15) is 12.0 Å². The summed E-state index contributed by atoms with van der Waals surface area (Å²) in [5, 5.41) is 12.8. The minimum absolute atomic E-state index is 0.140. The highest BCUT2D eigenvalue weighted by Gasteiger charge is 2.48. The van der Waals surface area contributed by atoms with Gasteiger partial charge in [-0.3, -0.25) is 9.59 Å². The monoisotopic (exact) mass is 323 g/mol. The zero-order chi connectivity index (χ0) is 16.8. The lowest BCUT2D eigenvalue weighted by Crippen LogP contribution is -2.56. The van der Waals surface area contributed by atoms with Crippen molar-refractivity contribution >= 4 is 23.2 Å². The average Bonchev–Trinajstić information content (AvgIpc) is 2.92. The SMILES string of the molecule is CNC(=O)[C@]1(O)OCCN1c1cc(F)c2c(c1)CCC(=O)N2C. The Labute approximate surface area is 132 Å². The summed E-state index contributed by atoms with van der Waals surface area (Å²) in [7, 11) is 2.91. The van der Waals surface area contributed by atoms with Crippen LogP contribution in [0.4, 0.5) is 15.8 Å². The molecular formula is C15H18FN3O4. The summed E-state index contributed by atoms with van der Waals surface area (Å²) >= 11 is 0. The average molecular weight is 323 g/mol. The topological polar surface area (TPSA) is 82.1 Å². The molecule has 2 heterocycles. The van der Waals surface area contributed by atoms with E-state index in [1.54, 1.807) is 6.07 Å². The lowest BCUT2D eigenvalue weighted by molar-refractivity contribution is -0.187. The first-order valence-electron chi connectivity index (χ1n) is 7.33. The van der Waals surface area contributed by atoms with Crippen molar-refractivity contribution in [2.24, 2.45) is 0 Å². The number of ether oxygens (including phenoxy) is 1. The van der Waals surface area contributed by atoms with Crippen LogP contribution in [-0.2, 0) is 20.7 Å². The minimum Gasteiger partial charge on any atom is -0.353 e. The molecule has 0 bridgehead atoms. The molecule has 0 aliphatic carbocycles. The maximum absolute atomic E-state index is 14.5. The van der Waals surface area contributed by atoms with Crippen LogP contribution in [0, 0.1) is 5.82 Å². The molecule has 0 aromatic heterocycles. The molecule has 0 saturated carbocycles. The number of halogens is 1.